The monoisotopic (exact) mass is 240 g/mol. The molecule has 0 radical (unpaired) electrons. The van der Waals surface area contributed by atoms with Gasteiger partial charge < -0.3 is 21.9 Å². The van der Waals surface area contributed by atoms with Crippen LogP contribution in [0.15, 0.2) is 0 Å². The molecule has 0 unspecified atom stereocenters. The summed E-state index contributed by atoms with van der Waals surface area (Å²) >= 11 is 0. The number of hydrogen-bond acceptors (Lipinski definition) is 2. The summed E-state index contributed by atoms with van der Waals surface area (Å²) in [5.41, 5.74) is 0. The van der Waals surface area contributed by atoms with Gasteiger partial charge in [-0.15, -0.1) is 0 Å². The predicted octanol–water partition coefficient (Wildman–Crippen LogP) is -8.91. The van der Waals surface area contributed by atoms with E-state index in [0.29, 0.717) is 0 Å². The second kappa shape index (κ2) is 81.9. The van der Waals surface area contributed by atoms with E-state index in [-0.39, 0.29) is 125 Å². The molecule has 0 aromatic carbocycles. The van der Waals surface area contributed by atoms with Crippen LogP contribution in [0.2, 0.25) is 0 Å². The Kier molecular flexibility index (Phi) is 1130. The maximum atomic E-state index is 0. The van der Waals surface area contributed by atoms with Crippen molar-refractivity contribution in [2.24, 2.45) is 0 Å². The number of hydrogen-bond donors (Lipinski definition) is 0. The van der Waals surface area contributed by atoms with Crippen LogP contribution in [0.4, 0.5) is 0 Å². The zero-order valence-corrected chi connectivity index (χ0v) is 10.3. The van der Waals surface area contributed by atoms with Crippen LogP contribution in [0.25, 0.3) is 0 Å². The van der Waals surface area contributed by atoms with E-state index >= 15 is 0 Å². The third-order valence-corrected chi connectivity index (χ3v) is 0. The summed E-state index contributed by atoms with van der Waals surface area (Å²) in [6.45, 7) is 0. The summed E-state index contributed by atoms with van der Waals surface area (Å²) in [7, 11) is 0. The van der Waals surface area contributed by atoms with Gasteiger partial charge in [-0.25, -0.2) is 0 Å². The summed E-state index contributed by atoms with van der Waals surface area (Å²) in [5.74, 6) is 0. The summed E-state index contributed by atoms with van der Waals surface area (Å²) < 4.78 is 0. The first-order valence-electron chi connectivity index (χ1n) is 0. The summed E-state index contributed by atoms with van der Waals surface area (Å²) in [5, 5.41) is 0. The van der Waals surface area contributed by atoms with Crippen LogP contribution in [0.5, 0.6) is 0 Å². The number of rotatable bonds is 0. The Hall–Kier alpha value is 3.29. The quantitative estimate of drug-likeness (QED) is 0.389. The largest absolute Gasteiger partial charge is 1.00 e. The molecule has 0 amide bonds. The van der Waals surface area contributed by atoms with Crippen LogP contribution in [-0.4, -0.2) is 45.0 Å². The van der Waals surface area contributed by atoms with Gasteiger partial charge in [0.05, 0.1) is 0 Å². The summed E-state index contributed by atoms with van der Waals surface area (Å²) in [4.78, 5) is 0. The van der Waals surface area contributed by atoms with Crippen molar-refractivity contribution in [3.63, 3.8) is 0 Å². The van der Waals surface area contributed by atoms with E-state index in [4.69, 9.17) is 0 Å². The van der Waals surface area contributed by atoms with Crippen LogP contribution in [0.1, 0.15) is 0 Å². The molecular weight excluding hydrogens is 230 g/mol. The molecule has 8 heteroatoms. The van der Waals surface area contributed by atoms with Crippen LogP contribution in [-0.2, 0) is 21.1 Å². The van der Waals surface area contributed by atoms with Crippen molar-refractivity contribution in [2.75, 3.05) is 0 Å². The molecule has 0 bridgehead atoms. The molecule has 0 aliphatic rings. The molecule has 0 aromatic heterocycles. The maximum Gasteiger partial charge on any atom is 1.00 e. The molecule has 0 fully saturated rings. The first-order chi connectivity index (χ1) is 0. The van der Waals surface area contributed by atoms with Crippen molar-refractivity contribution in [3.8, 4) is 0 Å². The zero-order valence-electron chi connectivity index (χ0n) is 4.30. The normalized spacial score (nSPS) is 0. The van der Waals surface area contributed by atoms with E-state index < -0.39 is 0 Å². The Balaban J connectivity index is 0. The molecule has 42 valence electrons. The Morgan fingerprint density at radius 3 is 0.625 bits per heavy atom. The van der Waals surface area contributed by atoms with Gasteiger partial charge >= 0.3 is 82.2 Å². The third kappa shape index (κ3) is 58.9. The van der Waals surface area contributed by atoms with Gasteiger partial charge in [0, 0.05) is 21.1 Å². The Labute approximate surface area is 123 Å². The topological polar surface area (TPSA) is 123 Å². The SMILES string of the molecule is O.O.[MgH2].[Mo].[Na+].[Na+].[OH-].[OH-]. The van der Waals surface area contributed by atoms with Gasteiger partial charge in [0.1, 0.15) is 0 Å². The first-order valence-corrected chi connectivity index (χ1v) is 0. The second-order valence-corrected chi connectivity index (χ2v) is 0. The second-order valence-electron chi connectivity index (χ2n) is 0. The van der Waals surface area contributed by atoms with Gasteiger partial charge in [-0.2, -0.15) is 0 Å². The van der Waals surface area contributed by atoms with Gasteiger partial charge in [-0.05, 0) is 0 Å². The molecule has 4 nitrogen and oxygen atoms in total. The molecule has 0 saturated heterocycles. The molecule has 0 aliphatic carbocycles. The van der Waals surface area contributed by atoms with Crippen molar-refractivity contribution in [1.82, 2.24) is 0 Å². The standard InChI is InChI=1S/Mg.Mo.2Na.4H2O.2H/h;;;;4*1H2;;/q;;2*+1;;;;;;/p-2. The summed E-state index contributed by atoms with van der Waals surface area (Å²) in [6.07, 6.45) is 0. The molecule has 0 spiro atoms. The van der Waals surface area contributed by atoms with Crippen LogP contribution in [0, 0.1) is 0 Å². The average molecular weight is 238 g/mol. The summed E-state index contributed by atoms with van der Waals surface area (Å²) in [6, 6.07) is 0. The van der Waals surface area contributed by atoms with Crippen LogP contribution >= 0.6 is 0 Å². The predicted molar refractivity (Wildman–Crippen MR) is 19.6 cm³/mol. The fourth-order valence-corrected chi connectivity index (χ4v) is 0. The van der Waals surface area contributed by atoms with E-state index in [0.717, 1.165) is 0 Å². The Morgan fingerprint density at radius 2 is 0.625 bits per heavy atom. The van der Waals surface area contributed by atoms with Gasteiger partial charge in [0.2, 0.25) is 0 Å². The molecule has 0 saturated carbocycles. The Morgan fingerprint density at radius 1 is 0.625 bits per heavy atom. The molecular formula is H8MgMoNa2O4. The van der Waals surface area contributed by atoms with Crippen molar-refractivity contribution in [2.45, 2.75) is 0 Å². The van der Waals surface area contributed by atoms with Gasteiger partial charge in [-0.3, -0.25) is 0 Å². The molecule has 0 rings (SSSR count). The van der Waals surface area contributed by atoms with E-state index in [1.165, 1.54) is 0 Å². The van der Waals surface area contributed by atoms with Crippen molar-refractivity contribution < 1.29 is 102 Å². The van der Waals surface area contributed by atoms with Crippen LogP contribution < -0.4 is 59.1 Å². The Bertz CT molecular complexity index is 14.0. The minimum absolute atomic E-state index is 0. The van der Waals surface area contributed by atoms with Crippen molar-refractivity contribution >= 4 is 23.1 Å². The van der Waals surface area contributed by atoms with Gasteiger partial charge in [0.25, 0.3) is 0 Å². The van der Waals surface area contributed by atoms with Crippen molar-refractivity contribution in [3.05, 3.63) is 0 Å². The maximum absolute atomic E-state index is 0. The molecule has 0 aromatic rings. The van der Waals surface area contributed by atoms with Crippen LogP contribution in [0.3, 0.4) is 0 Å². The minimum Gasteiger partial charge on any atom is -0.870 e. The van der Waals surface area contributed by atoms with E-state index in [2.05, 4.69) is 0 Å². The minimum atomic E-state index is 0. The fraction of sp³-hybridized carbons (Fsp3) is 0. The van der Waals surface area contributed by atoms with E-state index in [1.54, 1.807) is 0 Å². The third-order valence-electron chi connectivity index (χ3n) is 0. The molecule has 0 heterocycles. The van der Waals surface area contributed by atoms with Gasteiger partial charge in [0.15, 0.2) is 0 Å². The smallest absolute Gasteiger partial charge is 0.870 e. The molecule has 8 heavy (non-hydrogen) atoms. The van der Waals surface area contributed by atoms with E-state index in [9.17, 15) is 0 Å². The first kappa shape index (κ1) is 110. The molecule has 6 N–H and O–H groups in total. The van der Waals surface area contributed by atoms with Gasteiger partial charge in [-0.1, -0.05) is 0 Å². The molecule has 0 aliphatic heterocycles. The van der Waals surface area contributed by atoms with E-state index in [1.807, 2.05) is 0 Å². The van der Waals surface area contributed by atoms with Crippen molar-refractivity contribution in [1.29, 1.82) is 0 Å². The fourth-order valence-electron chi connectivity index (χ4n) is 0. The average Bonchev–Trinajstić information content (AvgIpc) is 0. The zero-order chi connectivity index (χ0) is 0. The molecule has 0 atom stereocenters.